The van der Waals surface area contributed by atoms with Gasteiger partial charge >= 0.3 is 0 Å². The summed E-state index contributed by atoms with van der Waals surface area (Å²) in [5.74, 6) is 0. The van der Waals surface area contributed by atoms with Gasteiger partial charge in [0.2, 0.25) is 6.08 Å². The Morgan fingerprint density at radius 3 is 2.93 bits per heavy atom. The minimum Gasteiger partial charge on any atom is -0.380 e. The molecule has 1 aromatic carbocycles. The molecule has 0 aliphatic rings. The number of hydrogen-bond donors (Lipinski definition) is 0. The van der Waals surface area contributed by atoms with Crippen molar-refractivity contribution >= 4 is 22.0 Å². The van der Waals surface area contributed by atoms with Crippen molar-refractivity contribution in [1.29, 1.82) is 0 Å². The van der Waals surface area contributed by atoms with Crippen LogP contribution in [0.4, 0.5) is 0 Å². The van der Waals surface area contributed by atoms with E-state index in [1.165, 1.54) is 6.08 Å². The van der Waals surface area contributed by atoms with E-state index in [-0.39, 0.29) is 0 Å². The number of isocyanates is 1. The third-order valence-electron chi connectivity index (χ3n) is 1.78. The van der Waals surface area contributed by atoms with Crippen LogP contribution in [-0.4, -0.2) is 13.2 Å². The van der Waals surface area contributed by atoms with Crippen LogP contribution >= 0.6 is 15.9 Å². The molecule has 0 spiro atoms. The topological polar surface area (TPSA) is 38.7 Å². The fourth-order valence-corrected chi connectivity index (χ4v) is 1.56. The summed E-state index contributed by atoms with van der Waals surface area (Å²) in [5.41, 5.74) is 2.01. The second kappa shape index (κ2) is 5.70. The Bertz CT molecular complexity index is 359. The lowest BCUT2D eigenvalue weighted by Crippen LogP contribution is -1.94. The lowest BCUT2D eigenvalue weighted by molar-refractivity contribution is 0.184. The Morgan fingerprint density at radius 1 is 1.50 bits per heavy atom. The predicted octanol–water partition coefficient (Wildman–Crippen LogP) is 2.43. The molecule has 0 saturated carbocycles. The van der Waals surface area contributed by atoms with Crippen LogP contribution in [0.2, 0.25) is 0 Å². The molecule has 0 aliphatic carbocycles. The van der Waals surface area contributed by atoms with Crippen LogP contribution < -0.4 is 0 Å². The van der Waals surface area contributed by atoms with Crippen molar-refractivity contribution < 1.29 is 9.53 Å². The van der Waals surface area contributed by atoms with Gasteiger partial charge in [0.1, 0.15) is 0 Å². The lowest BCUT2D eigenvalue weighted by atomic mass is 10.1. The number of rotatable bonds is 4. The Hall–Kier alpha value is -0.960. The van der Waals surface area contributed by atoms with Gasteiger partial charge in [-0.1, -0.05) is 22.0 Å². The first-order chi connectivity index (χ1) is 6.77. The normalized spacial score (nSPS) is 9.57. The zero-order valence-corrected chi connectivity index (χ0v) is 9.37. The van der Waals surface area contributed by atoms with Crippen LogP contribution in [0.25, 0.3) is 0 Å². The maximum atomic E-state index is 10.00. The van der Waals surface area contributed by atoms with Gasteiger partial charge in [-0.2, -0.15) is 0 Å². The average Bonchev–Trinajstić information content (AvgIpc) is 2.18. The molecule has 0 aliphatic heterocycles. The summed E-state index contributed by atoms with van der Waals surface area (Å²) in [6.45, 7) is 0.874. The molecule has 0 saturated heterocycles. The Kier molecular flexibility index (Phi) is 4.53. The van der Waals surface area contributed by atoms with Gasteiger partial charge in [-0.15, -0.1) is 0 Å². The van der Waals surface area contributed by atoms with Crippen molar-refractivity contribution in [3.8, 4) is 0 Å². The number of benzene rings is 1. The maximum Gasteiger partial charge on any atom is 0.235 e. The van der Waals surface area contributed by atoms with Gasteiger partial charge in [-0.3, -0.25) is 0 Å². The fraction of sp³-hybridized carbons (Fsp3) is 0.300. The van der Waals surface area contributed by atoms with Crippen molar-refractivity contribution in [2.75, 3.05) is 7.11 Å². The second-order valence-electron chi connectivity index (χ2n) is 2.75. The molecule has 0 radical (unpaired) electrons. The van der Waals surface area contributed by atoms with E-state index in [2.05, 4.69) is 20.9 Å². The van der Waals surface area contributed by atoms with Crippen LogP contribution in [0.5, 0.6) is 0 Å². The molecule has 0 N–H and O–H groups in total. The Labute approximate surface area is 90.9 Å². The minimum atomic E-state index is 0.349. The first-order valence-electron chi connectivity index (χ1n) is 4.08. The first-order valence-corrected chi connectivity index (χ1v) is 4.87. The van der Waals surface area contributed by atoms with E-state index in [1.807, 2.05) is 18.2 Å². The van der Waals surface area contributed by atoms with E-state index in [0.717, 1.165) is 15.6 Å². The zero-order chi connectivity index (χ0) is 10.4. The first kappa shape index (κ1) is 11.1. The minimum absolute atomic E-state index is 0.349. The van der Waals surface area contributed by atoms with Gasteiger partial charge in [0, 0.05) is 11.6 Å². The number of methoxy groups -OCH3 is 1. The molecule has 0 bridgehead atoms. The SMILES string of the molecule is COCc1ccc(Br)cc1CN=C=O. The predicted molar refractivity (Wildman–Crippen MR) is 56.7 cm³/mol. The maximum absolute atomic E-state index is 10.00. The number of carbonyl (C=O) groups excluding carboxylic acids is 1. The molecular weight excluding hydrogens is 246 g/mol. The molecule has 0 unspecified atom stereocenters. The van der Waals surface area contributed by atoms with Gasteiger partial charge in [0.05, 0.1) is 13.2 Å². The Balaban J connectivity index is 2.95. The van der Waals surface area contributed by atoms with E-state index in [9.17, 15) is 4.79 Å². The van der Waals surface area contributed by atoms with Crippen LogP contribution in [0, 0.1) is 0 Å². The summed E-state index contributed by atoms with van der Waals surface area (Å²) in [7, 11) is 1.63. The zero-order valence-electron chi connectivity index (χ0n) is 7.79. The summed E-state index contributed by atoms with van der Waals surface area (Å²) in [6.07, 6.45) is 1.52. The fourth-order valence-electron chi connectivity index (χ4n) is 1.16. The second-order valence-corrected chi connectivity index (χ2v) is 3.67. The smallest absolute Gasteiger partial charge is 0.235 e. The van der Waals surface area contributed by atoms with Crippen molar-refractivity contribution in [3.63, 3.8) is 0 Å². The highest BCUT2D eigenvalue weighted by Crippen LogP contribution is 2.18. The standard InChI is InChI=1S/C10H10BrNO2/c1-14-6-8-2-3-10(11)4-9(8)5-12-7-13/h2-4H,5-6H2,1H3. The van der Waals surface area contributed by atoms with Gasteiger partial charge in [-0.25, -0.2) is 9.79 Å². The molecule has 0 heterocycles. The summed E-state index contributed by atoms with van der Waals surface area (Å²) < 4.78 is 6.00. The molecule has 1 rings (SSSR count). The largest absolute Gasteiger partial charge is 0.380 e. The molecule has 0 amide bonds. The highest BCUT2D eigenvalue weighted by Gasteiger charge is 2.02. The average molecular weight is 256 g/mol. The quantitative estimate of drug-likeness (QED) is 0.613. The molecule has 4 heteroatoms. The van der Waals surface area contributed by atoms with E-state index < -0.39 is 0 Å². The van der Waals surface area contributed by atoms with Gasteiger partial charge < -0.3 is 4.74 Å². The van der Waals surface area contributed by atoms with Crippen molar-refractivity contribution in [2.45, 2.75) is 13.2 Å². The molecular formula is C10H10BrNO2. The van der Waals surface area contributed by atoms with Gasteiger partial charge in [0.15, 0.2) is 0 Å². The van der Waals surface area contributed by atoms with E-state index in [1.54, 1.807) is 7.11 Å². The van der Waals surface area contributed by atoms with Gasteiger partial charge in [-0.05, 0) is 23.3 Å². The number of nitrogens with zero attached hydrogens (tertiary/aromatic N) is 1. The summed E-state index contributed by atoms with van der Waals surface area (Å²) in [5, 5.41) is 0. The molecule has 0 fully saturated rings. The number of halogens is 1. The molecule has 1 aromatic rings. The van der Waals surface area contributed by atoms with E-state index in [4.69, 9.17) is 4.74 Å². The molecule has 3 nitrogen and oxygen atoms in total. The lowest BCUT2D eigenvalue weighted by Gasteiger charge is -2.06. The third-order valence-corrected chi connectivity index (χ3v) is 2.28. The van der Waals surface area contributed by atoms with Crippen LogP contribution in [0.15, 0.2) is 27.7 Å². The Morgan fingerprint density at radius 2 is 2.29 bits per heavy atom. The number of hydrogen-bond acceptors (Lipinski definition) is 3. The van der Waals surface area contributed by atoms with Crippen molar-refractivity contribution in [3.05, 3.63) is 33.8 Å². The van der Waals surface area contributed by atoms with Gasteiger partial charge in [0.25, 0.3) is 0 Å². The van der Waals surface area contributed by atoms with Crippen molar-refractivity contribution in [1.82, 2.24) is 0 Å². The highest BCUT2D eigenvalue weighted by molar-refractivity contribution is 9.10. The molecule has 0 aromatic heterocycles. The number of ether oxygens (including phenoxy) is 1. The highest BCUT2D eigenvalue weighted by atomic mass is 79.9. The molecule has 74 valence electrons. The summed E-state index contributed by atoms with van der Waals surface area (Å²) >= 11 is 3.36. The molecule has 0 atom stereocenters. The summed E-state index contributed by atoms with van der Waals surface area (Å²) in [4.78, 5) is 13.5. The summed E-state index contributed by atoms with van der Waals surface area (Å²) in [6, 6.07) is 5.81. The third kappa shape index (κ3) is 3.07. The van der Waals surface area contributed by atoms with Crippen LogP contribution in [-0.2, 0) is 22.7 Å². The number of aliphatic imine (C=N–C) groups is 1. The van der Waals surface area contributed by atoms with Crippen molar-refractivity contribution in [2.24, 2.45) is 4.99 Å². The molecule has 14 heavy (non-hydrogen) atoms. The van der Waals surface area contributed by atoms with Crippen LogP contribution in [0.3, 0.4) is 0 Å². The monoisotopic (exact) mass is 255 g/mol. The van der Waals surface area contributed by atoms with Crippen LogP contribution in [0.1, 0.15) is 11.1 Å². The van der Waals surface area contributed by atoms with E-state index in [0.29, 0.717) is 13.2 Å². The van der Waals surface area contributed by atoms with E-state index >= 15 is 0 Å².